The lowest BCUT2D eigenvalue weighted by atomic mass is 9.90. The van der Waals surface area contributed by atoms with Crippen LogP contribution in [0, 0.1) is 17.8 Å². The molecule has 14 nitrogen and oxygen atoms in total. The standard InChI is InChI=1S/C43H69N7O7/c1-12-28(4)39(49(9)37(52)25-46-43(55)38(27(2)3)48(8)26-31-20-21-45-35(23-31)44-7)34(56-10)24-36(51)50-22-16-19-33(50)41(57-11)29(5)42(54)47-30(6)40(53)32-17-14-13-15-18-32/h13-15,17-18,20-21,23,27-30,33-34,38-41,53H,12,16,19,22,24-26H2,1-11H3,(H,44,45)(H,46,55)(H,47,54)/t28?,29-,30?,33+,34?,38?,39?,40?,41?/m1/s1. The molecule has 14 heteroatoms. The third kappa shape index (κ3) is 12.7. The number of aliphatic hydroxyl groups excluding tert-OH is 1. The number of pyridine rings is 1. The summed E-state index contributed by atoms with van der Waals surface area (Å²) in [5.41, 5.74) is 1.71. The number of amides is 4. The quantitative estimate of drug-likeness (QED) is 0.138. The van der Waals surface area contributed by atoms with Crippen LogP contribution >= 0.6 is 0 Å². The summed E-state index contributed by atoms with van der Waals surface area (Å²) in [6, 6.07) is 11.2. The van der Waals surface area contributed by atoms with Crippen molar-refractivity contribution >= 4 is 29.4 Å². The molecule has 1 aliphatic heterocycles. The predicted octanol–water partition coefficient (Wildman–Crippen LogP) is 3.85. The van der Waals surface area contributed by atoms with E-state index in [1.54, 1.807) is 51.1 Å². The molecule has 1 aliphatic rings. The van der Waals surface area contributed by atoms with Crippen LogP contribution in [0.1, 0.15) is 84.5 Å². The van der Waals surface area contributed by atoms with E-state index < -0.39 is 42.4 Å². The first-order valence-corrected chi connectivity index (χ1v) is 20.3. The Morgan fingerprint density at radius 1 is 1.00 bits per heavy atom. The lowest BCUT2D eigenvalue weighted by molar-refractivity contribution is -0.146. The number of aliphatic hydroxyl groups is 1. The maximum atomic E-state index is 14.1. The third-order valence-corrected chi connectivity index (χ3v) is 11.6. The number of aromatic nitrogens is 1. The van der Waals surface area contributed by atoms with E-state index >= 15 is 0 Å². The minimum absolute atomic E-state index is 0.0216. The highest BCUT2D eigenvalue weighted by Gasteiger charge is 2.42. The second kappa shape index (κ2) is 22.7. The van der Waals surface area contributed by atoms with Crippen LogP contribution in [0.3, 0.4) is 0 Å². The van der Waals surface area contributed by atoms with Gasteiger partial charge in [-0.1, -0.05) is 71.4 Å². The Balaban J connectivity index is 1.68. The number of likely N-dealkylation sites (tertiary alicyclic amines) is 1. The summed E-state index contributed by atoms with van der Waals surface area (Å²) < 4.78 is 11.9. The Bertz CT molecular complexity index is 1580. The van der Waals surface area contributed by atoms with Crippen molar-refractivity contribution in [2.45, 2.75) is 116 Å². The first-order valence-electron chi connectivity index (χ1n) is 20.3. The van der Waals surface area contributed by atoms with Gasteiger partial charge < -0.3 is 40.3 Å². The maximum absolute atomic E-state index is 14.1. The number of methoxy groups -OCH3 is 2. The summed E-state index contributed by atoms with van der Waals surface area (Å²) in [4.78, 5) is 64.6. The average molecular weight is 796 g/mol. The summed E-state index contributed by atoms with van der Waals surface area (Å²) >= 11 is 0. The van der Waals surface area contributed by atoms with E-state index in [0.29, 0.717) is 25.1 Å². The molecule has 2 aromatic rings. The topological polar surface area (TPSA) is 166 Å². The molecule has 1 fully saturated rings. The van der Waals surface area contributed by atoms with E-state index in [0.717, 1.165) is 24.2 Å². The summed E-state index contributed by atoms with van der Waals surface area (Å²) in [6.45, 7) is 12.4. The average Bonchev–Trinajstić information content (AvgIpc) is 3.69. The van der Waals surface area contributed by atoms with Crippen LogP contribution in [-0.4, -0.2) is 133 Å². The minimum Gasteiger partial charge on any atom is -0.386 e. The van der Waals surface area contributed by atoms with Crippen LogP contribution in [0.5, 0.6) is 0 Å². The van der Waals surface area contributed by atoms with Gasteiger partial charge in [-0.25, -0.2) is 4.98 Å². The van der Waals surface area contributed by atoms with E-state index in [1.165, 1.54) is 0 Å². The van der Waals surface area contributed by atoms with E-state index in [4.69, 9.17) is 9.47 Å². The lowest BCUT2D eigenvalue weighted by Crippen LogP contribution is -2.55. The zero-order valence-electron chi connectivity index (χ0n) is 36.0. The van der Waals surface area contributed by atoms with Gasteiger partial charge in [-0.3, -0.25) is 24.1 Å². The van der Waals surface area contributed by atoms with Crippen molar-refractivity contribution in [1.82, 2.24) is 30.3 Å². The number of ether oxygens (including phenoxy) is 2. The molecule has 57 heavy (non-hydrogen) atoms. The molecule has 4 amide bonds. The minimum atomic E-state index is -0.882. The van der Waals surface area contributed by atoms with Gasteiger partial charge in [0.2, 0.25) is 23.6 Å². The van der Waals surface area contributed by atoms with Gasteiger partial charge in [0.05, 0.1) is 61.4 Å². The molecule has 3 rings (SSSR count). The molecule has 0 bridgehead atoms. The van der Waals surface area contributed by atoms with E-state index in [-0.39, 0.29) is 54.5 Å². The molecule has 2 heterocycles. The number of hydrogen-bond acceptors (Lipinski definition) is 10. The molecule has 1 aromatic heterocycles. The molecule has 7 unspecified atom stereocenters. The maximum Gasteiger partial charge on any atom is 0.242 e. The second-order valence-corrected chi connectivity index (χ2v) is 15.9. The summed E-state index contributed by atoms with van der Waals surface area (Å²) in [7, 11) is 8.50. The fourth-order valence-electron chi connectivity index (χ4n) is 8.20. The van der Waals surface area contributed by atoms with Crippen molar-refractivity contribution < 1.29 is 33.8 Å². The molecular weight excluding hydrogens is 727 g/mol. The number of rotatable bonds is 22. The molecule has 1 saturated heterocycles. The predicted molar refractivity (Wildman–Crippen MR) is 222 cm³/mol. The fourth-order valence-corrected chi connectivity index (χ4v) is 8.20. The number of carbonyl (C=O) groups excluding carboxylic acids is 4. The highest BCUT2D eigenvalue weighted by molar-refractivity contribution is 5.88. The van der Waals surface area contributed by atoms with Crippen LogP contribution < -0.4 is 16.0 Å². The fraction of sp³-hybridized carbons (Fsp3) is 0.651. The molecule has 1 aromatic carbocycles. The zero-order valence-corrected chi connectivity index (χ0v) is 36.0. The molecule has 0 saturated carbocycles. The van der Waals surface area contributed by atoms with Gasteiger partial charge >= 0.3 is 0 Å². The molecular formula is C43H69N7O7. The number of carbonyl (C=O) groups is 4. The summed E-state index contributed by atoms with van der Waals surface area (Å²) in [5, 5.41) is 19.7. The smallest absolute Gasteiger partial charge is 0.242 e. The molecule has 0 aliphatic carbocycles. The number of benzene rings is 1. The van der Waals surface area contributed by atoms with E-state index in [1.807, 2.05) is 89.2 Å². The lowest BCUT2D eigenvalue weighted by Gasteiger charge is -2.39. The van der Waals surface area contributed by atoms with Crippen LogP contribution in [-0.2, 0) is 35.2 Å². The van der Waals surface area contributed by atoms with Gasteiger partial charge in [0.15, 0.2) is 0 Å². The Kier molecular flexibility index (Phi) is 18.8. The Morgan fingerprint density at radius 2 is 1.68 bits per heavy atom. The Morgan fingerprint density at radius 3 is 2.28 bits per heavy atom. The number of anilines is 1. The van der Waals surface area contributed by atoms with Gasteiger partial charge in [-0.05, 0) is 61.9 Å². The Labute approximate surface area is 340 Å². The highest BCUT2D eigenvalue weighted by atomic mass is 16.5. The van der Waals surface area contributed by atoms with Gasteiger partial charge in [-0.2, -0.15) is 0 Å². The van der Waals surface area contributed by atoms with Crippen LogP contribution in [0.15, 0.2) is 48.7 Å². The van der Waals surface area contributed by atoms with Crippen molar-refractivity contribution in [1.29, 1.82) is 0 Å². The highest BCUT2D eigenvalue weighted by Crippen LogP contribution is 2.30. The van der Waals surface area contributed by atoms with Crippen LogP contribution in [0.2, 0.25) is 0 Å². The van der Waals surface area contributed by atoms with Gasteiger partial charge in [0, 0.05) is 47.6 Å². The number of nitrogens with one attached hydrogen (secondary N) is 3. The third-order valence-electron chi connectivity index (χ3n) is 11.6. The zero-order chi connectivity index (χ0) is 42.4. The largest absolute Gasteiger partial charge is 0.386 e. The SMILES string of the molecule is CCC(C)C(C(CC(=O)N1CCC[C@H]1C(OC)[C@@H](C)C(=O)NC(C)C(O)c1ccccc1)OC)N(C)C(=O)CNC(=O)C(C(C)C)N(C)Cc1ccnc(NC)c1. The number of likely N-dealkylation sites (N-methyl/N-ethyl adjacent to an activating group) is 2. The first-order chi connectivity index (χ1) is 27.1. The summed E-state index contributed by atoms with van der Waals surface area (Å²) in [5.74, 6) is -0.861. The Hall–Kier alpha value is -4.11. The van der Waals surface area contributed by atoms with Crippen molar-refractivity contribution in [3.63, 3.8) is 0 Å². The van der Waals surface area contributed by atoms with E-state index in [9.17, 15) is 24.3 Å². The van der Waals surface area contributed by atoms with Crippen molar-refractivity contribution in [3.8, 4) is 0 Å². The molecule has 318 valence electrons. The monoisotopic (exact) mass is 796 g/mol. The number of hydrogen-bond donors (Lipinski definition) is 4. The van der Waals surface area contributed by atoms with Crippen molar-refractivity contribution in [2.75, 3.05) is 53.8 Å². The normalized spacial score (nSPS) is 18.6. The summed E-state index contributed by atoms with van der Waals surface area (Å²) in [6.07, 6.45) is 1.81. The molecule has 0 spiro atoms. The number of nitrogens with zero attached hydrogens (tertiary/aromatic N) is 4. The molecule has 9 atom stereocenters. The van der Waals surface area contributed by atoms with Crippen LogP contribution in [0.25, 0.3) is 0 Å². The van der Waals surface area contributed by atoms with E-state index in [2.05, 4.69) is 20.9 Å². The van der Waals surface area contributed by atoms with Crippen molar-refractivity contribution in [2.24, 2.45) is 17.8 Å². The van der Waals surface area contributed by atoms with Crippen molar-refractivity contribution in [3.05, 3.63) is 59.8 Å². The molecule has 0 radical (unpaired) electrons. The van der Waals surface area contributed by atoms with Gasteiger partial charge in [0.1, 0.15) is 5.82 Å². The molecule has 4 N–H and O–H groups in total. The van der Waals surface area contributed by atoms with Crippen LogP contribution in [0.4, 0.5) is 5.82 Å². The van der Waals surface area contributed by atoms with Gasteiger partial charge in [-0.15, -0.1) is 0 Å². The first kappa shape index (κ1) is 47.3. The van der Waals surface area contributed by atoms with Gasteiger partial charge in [0.25, 0.3) is 0 Å². The second-order valence-electron chi connectivity index (χ2n) is 15.9.